The lowest BCUT2D eigenvalue weighted by atomic mass is 9.80. The first-order chi connectivity index (χ1) is 10.4. The van der Waals surface area contributed by atoms with Crippen molar-refractivity contribution in [1.29, 1.82) is 0 Å². The second-order valence-corrected chi connectivity index (χ2v) is 5.97. The smallest absolute Gasteiger partial charge is 0.306 e. The van der Waals surface area contributed by atoms with E-state index in [4.69, 9.17) is 4.74 Å². The first kappa shape index (κ1) is 15.0. The number of halogens is 2. The number of carboxylic acid groups (broad SMARTS) is 1. The number of aromatic amines is 1. The minimum Gasteiger partial charge on any atom is -0.481 e. The van der Waals surface area contributed by atoms with E-state index in [1.807, 2.05) is 13.8 Å². The highest BCUT2D eigenvalue weighted by atomic mass is 19.1. The van der Waals surface area contributed by atoms with Crippen LogP contribution < -0.4 is 0 Å². The first-order valence-electron chi connectivity index (χ1n) is 7.21. The predicted molar refractivity (Wildman–Crippen MR) is 76.6 cm³/mol. The van der Waals surface area contributed by atoms with Crippen molar-refractivity contribution in [2.45, 2.75) is 32.3 Å². The number of hydrogen-bond acceptors (Lipinski definition) is 2. The summed E-state index contributed by atoms with van der Waals surface area (Å²) in [5, 5.41) is 9.45. The van der Waals surface area contributed by atoms with E-state index in [1.165, 1.54) is 0 Å². The van der Waals surface area contributed by atoms with E-state index in [0.29, 0.717) is 17.7 Å². The molecule has 0 spiro atoms. The molecule has 0 amide bonds. The Bertz CT molecular complexity index is 753. The van der Waals surface area contributed by atoms with E-state index in [0.717, 1.165) is 12.1 Å². The van der Waals surface area contributed by atoms with Crippen LogP contribution in [-0.2, 0) is 21.6 Å². The fourth-order valence-electron chi connectivity index (χ4n) is 3.34. The molecule has 0 radical (unpaired) electrons. The monoisotopic (exact) mass is 309 g/mol. The Balaban J connectivity index is 2.32. The van der Waals surface area contributed by atoms with Gasteiger partial charge in [0.1, 0.15) is 17.2 Å². The molecule has 118 valence electrons. The van der Waals surface area contributed by atoms with Gasteiger partial charge < -0.3 is 14.8 Å². The predicted octanol–water partition coefficient (Wildman–Crippen LogP) is 3.34. The lowest BCUT2D eigenvalue weighted by molar-refractivity contribution is -0.154. The van der Waals surface area contributed by atoms with E-state index in [9.17, 15) is 18.7 Å². The molecule has 1 aromatic carbocycles. The number of benzene rings is 1. The molecular weight excluding hydrogens is 292 g/mol. The molecule has 4 nitrogen and oxygen atoms in total. The van der Waals surface area contributed by atoms with E-state index in [1.54, 1.807) is 0 Å². The second kappa shape index (κ2) is 5.05. The molecule has 2 N–H and O–H groups in total. The van der Waals surface area contributed by atoms with E-state index < -0.39 is 23.2 Å². The number of nitrogens with one attached hydrogen (secondary N) is 1. The van der Waals surface area contributed by atoms with Crippen LogP contribution in [0.5, 0.6) is 0 Å². The zero-order chi connectivity index (χ0) is 16.1. The van der Waals surface area contributed by atoms with Gasteiger partial charge in [0.2, 0.25) is 0 Å². The third-order valence-corrected chi connectivity index (χ3v) is 4.44. The summed E-state index contributed by atoms with van der Waals surface area (Å²) in [6.45, 7) is 3.97. The maximum Gasteiger partial charge on any atom is 0.306 e. The highest BCUT2D eigenvalue weighted by Crippen LogP contribution is 2.44. The number of rotatable bonds is 3. The molecular formula is C16H17F2NO3. The highest BCUT2D eigenvalue weighted by Gasteiger charge is 2.45. The van der Waals surface area contributed by atoms with Crippen LogP contribution in [-0.4, -0.2) is 22.7 Å². The van der Waals surface area contributed by atoms with E-state index >= 15 is 0 Å². The summed E-state index contributed by atoms with van der Waals surface area (Å²) in [5.41, 5.74) is 0.0754. The molecule has 0 fully saturated rings. The molecule has 2 aromatic rings. The molecule has 0 saturated heterocycles. The Morgan fingerprint density at radius 3 is 2.73 bits per heavy atom. The van der Waals surface area contributed by atoms with Crippen LogP contribution in [0.25, 0.3) is 10.9 Å². The van der Waals surface area contributed by atoms with Crippen LogP contribution >= 0.6 is 0 Å². The van der Waals surface area contributed by atoms with E-state index in [-0.39, 0.29) is 29.8 Å². The fourth-order valence-corrected chi connectivity index (χ4v) is 3.34. The maximum atomic E-state index is 14.2. The van der Waals surface area contributed by atoms with Crippen molar-refractivity contribution in [3.63, 3.8) is 0 Å². The zero-order valence-corrected chi connectivity index (χ0v) is 12.4. The molecule has 2 heterocycles. The van der Waals surface area contributed by atoms with Crippen molar-refractivity contribution in [1.82, 2.24) is 4.98 Å². The Kier molecular flexibility index (Phi) is 3.44. The van der Waals surface area contributed by atoms with Crippen molar-refractivity contribution in [2.24, 2.45) is 5.92 Å². The van der Waals surface area contributed by atoms with Crippen molar-refractivity contribution < 1.29 is 23.4 Å². The Morgan fingerprint density at radius 1 is 1.41 bits per heavy atom. The van der Waals surface area contributed by atoms with Gasteiger partial charge in [0.25, 0.3) is 0 Å². The number of aromatic nitrogens is 1. The Morgan fingerprint density at radius 2 is 2.09 bits per heavy atom. The van der Waals surface area contributed by atoms with Gasteiger partial charge in [-0.2, -0.15) is 0 Å². The van der Waals surface area contributed by atoms with Gasteiger partial charge in [-0.3, -0.25) is 4.79 Å². The van der Waals surface area contributed by atoms with Crippen LogP contribution in [0.3, 0.4) is 0 Å². The van der Waals surface area contributed by atoms with Gasteiger partial charge in [0.05, 0.1) is 24.2 Å². The molecule has 1 aliphatic rings. The number of H-pyrrole nitrogens is 1. The standard InChI is InChI=1S/C16H17F2NO3/c1-8(2)16(7-12(20)21)15-9(5-6-22-16)13-10(17)3-4-11(18)14(13)19-15/h3-4,8,19H,5-7H2,1-2H3,(H,20,21). The average Bonchev–Trinajstić information content (AvgIpc) is 2.84. The summed E-state index contributed by atoms with van der Waals surface area (Å²) in [7, 11) is 0. The summed E-state index contributed by atoms with van der Waals surface area (Å²) in [5.74, 6) is -2.24. The molecule has 6 heteroatoms. The Labute approximate surface area is 126 Å². The molecule has 0 saturated carbocycles. The number of carboxylic acids is 1. The lowest BCUT2D eigenvalue weighted by Crippen LogP contribution is -2.42. The molecule has 3 rings (SSSR count). The average molecular weight is 309 g/mol. The van der Waals surface area contributed by atoms with Crippen molar-refractivity contribution in [2.75, 3.05) is 6.61 Å². The Hall–Kier alpha value is -1.95. The van der Waals surface area contributed by atoms with Gasteiger partial charge >= 0.3 is 5.97 Å². The summed E-state index contributed by atoms with van der Waals surface area (Å²) in [6, 6.07) is 2.16. The zero-order valence-electron chi connectivity index (χ0n) is 12.4. The molecule has 1 aromatic heterocycles. The normalized spacial score (nSPS) is 21.3. The summed E-state index contributed by atoms with van der Waals surface area (Å²) in [4.78, 5) is 14.2. The van der Waals surface area contributed by atoms with Crippen molar-refractivity contribution in [3.05, 3.63) is 35.0 Å². The van der Waals surface area contributed by atoms with Gasteiger partial charge in [-0.05, 0) is 30.0 Å². The third kappa shape index (κ3) is 2.01. The fraction of sp³-hybridized carbons (Fsp3) is 0.438. The van der Waals surface area contributed by atoms with Gasteiger partial charge in [-0.1, -0.05) is 13.8 Å². The molecule has 1 atom stereocenters. The quantitative estimate of drug-likeness (QED) is 0.914. The van der Waals surface area contributed by atoms with Crippen molar-refractivity contribution >= 4 is 16.9 Å². The molecule has 22 heavy (non-hydrogen) atoms. The van der Waals surface area contributed by atoms with Gasteiger partial charge in [0.15, 0.2) is 0 Å². The summed E-state index contributed by atoms with van der Waals surface area (Å²) >= 11 is 0. The maximum absolute atomic E-state index is 14.2. The second-order valence-electron chi connectivity index (χ2n) is 5.97. The highest BCUT2D eigenvalue weighted by molar-refractivity contribution is 5.87. The number of fused-ring (bicyclic) bond motifs is 3. The molecule has 1 aliphatic heterocycles. The summed E-state index contributed by atoms with van der Waals surface area (Å²) < 4.78 is 34.0. The number of hydrogen-bond donors (Lipinski definition) is 2. The molecule has 1 unspecified atom stereocenters. The SMILES string of the molecule is CC(C)C1(CC(=O)O)OCCc2c1[nH]c1c(F)ccc(F)c21. The van der Waals surface area contributed by atoms with Crippen LogP contribution in [0.2, 0.25) is 0 Å². The van der Waals surface area contributed by atoms with E-state index in [2.05, 4.69) is 4.98 Å². The third-order valence-electron chi connectivity index (χ3n) is 4.44. The number of ether oxygens (including phenoxy) is 1. The van der Waals surface area contributed by atoms with Crippen molar-refractivity contribution in [3.8, 4) is 0 Å². The van der Waals surface area contributed by atoms with Gasteiger partial charge in [-0.25, -0.2) is 8.78 Å². The number of aliphatic carboxylic acids is 1. The first-order valence-corrected chi connectivity index (χ1v) is 7.21. The largest absolute Gasteiger partial charge is 0.481 e. The topological polar surface area (TPSA) is 62.3 Å². The van der Waals surface area contributed by atoms with Crippen LogP contribution in [0.1, 0.15) is 31.5 Å². The minimum absolute atomic E-state index is 0.0749. The van der Waals surface area contributed by atoms with Gasteiger partial charge in [0, 0.05) is 5.39 Å². The summed E-state index contributed by atoms with van der Waals surface area (Å²) in [6.07, 6.45) is 0.164. The van der Waals surface area contributed by atoms with Crippen LogP contribution in [0, 0.1) is 17.6 Å². The van der Waals surface area contributed by atoms with Gasteiger partial charge in [-0.15, -0.1) is 0 Å². The van der Waals surface area contributed by atoms with Crippen LogP contribution in [0.4, 0.5) is 8.78 Å². The van der Waals surface area contributed by atoms with Crippen LogP contribution in [0.15, 0.2) is 12.1 Å². The lowest BCUT2D eigenvalue weighted by Gasteiger charge is -2.39. The number of carbonyl (C=O) groups is 1. The molecule has 0 aliphatic carbocycles. The molecule has 0 bridgehead atoms. The minimum atomic E-state index is -1.10.